The number of rotatable bonds is 2. The Hall–Kier alpha value is -1.60. The second-order valence-corrected chi connectivity index (χ2v) is 4.06. The summed E-state index contributed by atoms with van der Waals surface area (Å²) in [5, 5.41) is 22.4. The van der Waals surface area contributed by atoms with E-state index in [9.17, 15) is 13.2 Å². The molecule has 7 heteroatoms. The van der Waals surface area contributed by atoms with E-state index in [1.807, 2.05) is 0 Å². The lowest BCUT2D eigenvalue weighted by Gasteiger charge is -2.02. The molecule has 0 bridgehead atoms. The van der Waals surface area contributed by atoms with E-state index in [2.05, 4.69) is 0 Å². The highest BCUT2D eigenvalue weighted by atomic mass is 32.2. The summed E-state index contributed by atoms with van der Waals surface area (Å²) in [5.74, 6) is -1.94. The molecule has 14 heavy (non-hydrogen) atoms. The zero-order chi connectivity index (χ0) is 10.9. The van der Waals surface area contributed by atoms with E-state index in [-0.39, 0.29) is 5.56 Å². The van der Waals surface area contributed by atoms with Crippen LogP contribution in [-0.4, -0.2) is 24.6 Å². The molecule has 0 unspecified atom stereocenters. The number of aromatic hydroxyl groups is 1. The van der Waals surface area contributed by atoms with Crippen molar-refractivity contribution in [2.75, 3.05) is 0 Å². The minimum Gasteiger partial charge on any atom is -0.507 e. The lowest BCUT2D eigenvalue weighted by atomic mass is 10.2. The molecule has 4 N–H and O–H groups in total. The Kier molecular flexibility index (Phi) is 2.45. The third kappa shape index (κ3) is 2.01. The molecule has 0 aliphatic carbocycles. The normalized spacial score (nSPS) is 11.2. The molecule has 0 radical (unpaired) electrons. The minimum atomic E-state index is -4.02. The largest absolute Gasteiger partial charge is 0.507 e. The van der Waals surface area contributed by atoms with Gasteiger partial charge in [0.15, 0.2) is 0 Å². The second-order valence-electron chi connectivity index (χ2n) is 2.53. The van der Waals surface area contributed by atoms with Gasteiger partial charge in [0.25, 0.3) is 0 Å². The first-order chi connectivity index (χ1) is 6.32. The molecule has 0 aromatic heterocycles. The first-order valence-corrected chi connectivity index (χ1v) is 4.96. The van der Waals surface area contributed by atoms with E-state index < -0.39 is 26.6 Å². The van der Waals surface area contributed by atoms with Crippen molar-refractivity contribution in [1.29, 1.82) is 0 Å². The summed E-state index contributed by atoms with van der Waals surface area (Å²) in [4.78, 5) is 9.92. The number of carboxylic acids is 1. The summed E-state index contributed by atoms with van der Waals surface area (Å²) in [6.07, 6.45) is 0. The fraction of sp³-hybridized carbons (Fsp3) is 0. The Morgan fingerprint density at radius 1 is 1.36 bits per heavy atom. The topological polar surface area (TPSA) is 118 Å². The molecule has 0 amide bonds. The van der Waals surface area contributed by atoms with Crippen LogP contribution in [0.4, 0.5) is 0 Å². The molecule has 0 heterocycles. The lowest BCUT2D eigenvalue weighted by molar-refractivity contribution is 0.0696. The number of hydrogen-bond acceptors (Lipinski definition) is 4. The number of primary sulfonamides is 1. The molecule has 0 spiro atoms. The highest BCUT2D eigenvalue weighted by Gasteiger charge is 2.15. The minimum absolute atomic E-state index is 0.213. The molecule has 0 aliphatic rings. The number of phenolic OH excluding ortho intramolecular Hbond substituents is 1. The summed E-state index contributed by atoms with van der Waals surface area (Å²) in [5.41, 5.74) is -0.213. The van der Waals surface area contributed by atoms with Gasteiger partial charge in [-0.25, -0.2) is 18.4 Å². The van der Waals surface area contributed by atoms with Crippen molar-refractivity contribution in [3.63, 3.8) is 0 Å². The SMILES string of the molecule is NS(=O)(=O)c1ccc(C(=O)O)cc1O. The van der Waals surface area contributed by atoms with Crippen LogP contribution in [0.2, 0.25) is 0 Å². The van der Waals surface area contributed by atoms with Crippen LogP contribution in [0.5, 0.6) is 5.75 Å². The van der Waals surface area contributed by atoms with E-state index in [4.69, 9.17) is 15.4 Å². The van der Waals surface area contributed by atoms with Gasteiger partial charge in [0.1, 0.15) is 10.6 Å². The van der Waals surface area contributed by atoms with Crippen LogP contribution in [0.15, 0.2) is 23.1 Å². The van der Waals surface area contributed by atoms with E-state index in [1.165, 1.54) is 0 Å². The first-order valence-electron chi connectivity index (χ1n) is 3.41. The number of benzene rings is 1. The number of carbonyl (C=O) groups is 1. The van der Waals surface area contributed by atoms with E-state index in [0.717, 1.165) is 18.2 Å². The average molecular weight is 217 g/mol. The van der Waals surface area contributed by atoms with Crippen LogP contribution in [0, 0.1) is 0 Å². The van der Waals surface area contributed by atoms with Crippen LogP contribution in [0.1, 0.15) is 10.4 Å². The smallest absolute Gasteiger partial charge is 0.335 e. The highest BCUT2D eigenvalue weighted by Crippen LogP contribution is 2.22. The third-order valence-corrected chi connectivity index (χ3v) is 2.47. The maximum absolute atomic E-state index is 10.8. The molecule has 0 saturated heterocycles. The van der Waals surface area contributed by atoms with Crippen molar-refractivity contribution >= 4 is 16.0 Å². The van der Waals surface area contributed by atoms with Gasteiger partial charge in [-0.2, -0.15) is 0 Å². The van der Waals surface area contributed by atoms with Crippen molar-refractivity contribution < 1.29 is 23.4 Å². The highest BCUT2D eigenvalue weighted by molar-refractivity contribution is 7.89. The first kappa shape index (κ1) is 10.5. The maximum Gasteiger partial charge on any atom is 0.335 e. The molecular formula is C7H7NO5S. The summed E-state index contributed by atoms with van der Waals surface area (Å²) in [6, 6.07) is 2.80. The van der Waals surface area contributed by atoms with Crippen LogP contribution >= 0.6 is 0 Å². The summed E-state index contributed by atoms with van der Waals surface area (Å²) < 4.78 is 21.6. The number of carboxylic acid groups (broad SMARTS) is 1. The second kappa shape index (κ2) is 3.28. The molecular weight excluding hydrogens is 210 g/mol. The predicted molar refractivity (Wildman–Crippen MR) is 46.4 cm³/mol. The van der Waals surface area contributed by atoms with Gasteiger partial charge in [-0.15, -0.1) is 0 Å². The fourth-order valence-corrected chi connectivity index (χ4v) is 1.50. The Morgan fingerprint density at radius 3 is 2.29 bits per heavy atom. The predicted octanol–water partition coefficient (Wildman–Crippen LogP) is -0.262. The van der Waals surface area contributed by atoms with Crippen LogP contribution in [0.3, 0.4) is 0 Å². The fourth-order valence-electron chi connectivity index (χ4n) is 0.891. The van der Waals surface area contributed by atoms with Crippen molar-refractivity contribution in [3.05, 3.63) is 23.8 Å². The molecule has 76 valence electrons. The van der Waals surface area contributed by atoms with Crippen LogP contribution in [0.25, 0.3) is 0 Å². The van der Waals surface area contributed by atoms with E-state index >= 15 is 0 Å². The number of sulfonamides is 1. The number of nitrogens with two attached hydrogens (primary N) is 1. The van der Waals surface area contributed by atoms with E-state index in [0.29, 0.717) is 0 Å². The average Bonchev–Trinajstić information content (AvgIpc) is 2.01. The molecule has 0 fully saturated rings. The number of hydrogen-bond donors (Lipinski definition) is 3. The van der Waals surface area contributed by atoms with Gasteiger partial charge < -0.3 is 10.2 Å². The molecule has 0 atom stereocenters. The summed E-state index contributed by atoms with van der Waals surface area (Å²) >= 11 is 0. The summed E-state index contributed by atoms with van der Waals surface area (Å²) in [7, 11) is -4.02. The standard InChI is InChI=1S/C7H7NO5S/c8-14(12,13)6-2-1-4(7(10)11)3-5(6)9/h1-3,9H,(H,10,11)(H2,8,12,13). The Morgan fingerprint density at radius 2 is 1.93 bits per heavy atom. The molecule has 6 nitrogen and oxygen atoms in total. The lowest BCUT2D eigenvalue weighted by Crippen LogP contribution is -2.12. The van der Waals surface area contributed by atoms with Gasteiger partial charge in [0.05, 0.1) is 5.56 Å². The monoisotopic (exact) mass is 217 g/mol. The number of phenols is 1. The molecule has 1 aromatic rings. The Balaban J connectivity index is 3.35. The summed E-state index contributed by atoms with van der Waals surface area (Å²) in [6.45, 7) is 0. The van der Waals surface area contributed by atoms with Gasteiger partial charge in [-0.05, 0) is 18.2 Å². The molecule has 0 aliphatic heterocycles. The Labute approximate surface area is 79.6 Å². The molecule has 0 saturated carbocycles. The zero-order valence-corrected chi connectivity index (χ0v) is 7.65. The van der Waals surface area contributed by atoms with Gasteiger partial charge in [0.2, 0.25) is 10.0 Å². The van der Waals surface area contributed by atoms with E-state index in [1.54, 1.807) is 0 Å². The zero-order valence-electron chi connectivity index (χ0n) is 6.84. The van der Waals surface area contributed by atoms with Crippen molar-refractivity contribution in [3.8, 4) is 5.75 Å². The van der Waals surface area contributed by atoms with Gasteiger partial charge in [-0.1, -0.05) is 0 Å². The third-order valence-electron chi connectivity index (χ3n) is 1.51. The quantitative estimate of drug-likeness (QED) is 0.630. The maximum atomic E-state index is 10.8. The van der Waals surface area contributed by atoms with Crippen molar-refractivity contribution in [2.45, 2.75) is 4.90 Å². The van der Waals surface area contributed by atoms with Gasteiger partial charge in [-0.3, -0.25) is 0 Å². The van der Waals surface area contributed by atoms with Crippen molar-refractivity contribution in [1.82, 2.24) is 0 Å². The van der Waals surface area contributed by atoms with Gasteiger partial charge >= 0.3 is 5.97 Å². The molecule has 1 aromatic carbocycles. The van der Waals surface area contributed by atoms with Crippen LogP contribution < -0.4 is 5.14 Å². The Bertz CT molecular complexity index is 479. The number of aromatic carboxylic acids is 1. The van der Waals surface area contributed by atoms with Crippen LogP contribution in [-0.2, 0) is 10.0 Å². The van der Waals surface area contributed by atoms with Crippen molar-refractivity contribution in [2.24, 2.45) is 5.14 Å². The molecule has 1 rings (SSSR count). The van der Waals surface area contributed by atoms with Gasteiger partial charge in [0, 0.05) is 0 Å².